The second-order valence-corrected chi connectivity index (χ2v) is 7.96. The van der Waals surface area contributed by atoms with E-state index in [-0.39, 0.29) is 5.91 Å². The predicted molar refractivity (Wildman–Crippen MR) is 103 cm³/mol. The minimum atomic E-state index is -0.816. The van der Waals surface area contributed by atoms with Gasteiger partial charge in [0, 0.05) is 24.3 Å². The van der Waals surface area contributed by atoms with Gasteiger partial charge in [-0.3, -0.25) is 9.59 Å². The zero-order valence-corrected chi connectivity index (χ0v) is 15.7. The quantitative estimate of drug-likeness (QED) is 0.858. The van der Waals surface area contributed by atoms with E-state index in [0.29, 0.717) is 18.4 Å². The van der Waals surface area contributed by atoms with Gasteiger partial charge in [-0.05, 0) is 56.9 Å². The van der Waals surface area contributed by atoms with Crippen LogP contribution in [0.15, 0.2) is 24.3 Å². The number of carboxylic acid groups (broad SMARTS) is 1. The Balaban J connectivity index is 1.68. The molecule has 0 aromatic heterocycles. The molecule has 1 aromatic rings. The molecule has 2 fully saturated rings. The smallest absolute Gasteiger partial charge is 0.308 e. The number of carbonyl (C=O) groups is 2. The van der Waals surface area contributed by atoms with Crippen LogP contribution < -0.4 is 10.2 Å². The van der Waals surface area contributed by atoms with Crippen LogP contribution in [-0.2, 0) is 4.79 Å². The lowest BCUT2D eigenvalue weighted by molar-refractivity contribution is -0.145. The van der Waals surface area contributed by atoms with Gasteiger partial charge in [0.1, 0.15) is 0 Å². The summed E-state index contributed by atoms with van der Waals surface area (Å²) in [4.78, 5) is 26.7. The number of aliphatic carboxylic acids is 1. The Bertz CT molecular complexity index is 635. The number of benzene rings is 1. The summed E-state index contributed by atoms with van der Waals surface area (Å²) < 4.78 is 0. The molecule has 1 heterocycles. The van der Waals surface area contributed by atoms with Crippen molar-refractivity contribution in [1.29, 1.82) is 0 Å². The molecular formula is C21H30N2O3. The summed E-state index contributed by atoms with van der Waals surface area (Å²) in [6.07, 6.45) is 8.22. The Hall–Kier alpha value is -2.04. The molecule has 1 aliphatic carbocycles. The summed E-state index contributed by atoms with van der Waals surface area (Å²) in [7, 11) is 0. The fraction of sp³-hybridized carbons (Fsp3) is 0.619. The average Bonchev–Trinajstić information content (AvgIpc) is 2.91. The molecule has 1 amide bonds. The van der Waals surface area contributed by atoms with E-state index in [1.165, 1.54) is 25.7 Å². The molecule has 0 spiro atoms. The Labute approximate surface area is 155 Å². The minimum absolute atomic E-state index is 0.178. The summed E-state index contributed by atoms with van der Waals surface area (Å²) in [5.41, 5.74) is 1.08. The first-order valence-electron chi connectivity index (χ1n) is 9.90. The second-order valence-electron chi connectivity index (χ2n) is 7.96. The number of nitrogens with one attached hydrogen (secondary N) is 1. The minimum Gasteiger partial charge on any atom is -0.481 e. The molecule has 142 valence electrons. The lowest BCUT2D eigenvalue weighted by atomic mass is 9.73. The first-order chi connectivity index (χ1) is 12.5. The van der Waals surface area contributed by atoms with Gasteiger partial charge in [0.15, 0.2) is 0 Å². The van der Waals surface area contributed by atoms with Gasteiger partial charge < -0.3 is 15.3 Å². The maximum atomic E-state index is 12.7. The zero-order valence-electron chi connectivity index (χ0n) is 15.7. The third kappa shape index (κ3) is 4.19. The molecule has 1 aromatic carbocycles. The van der Waals surface area contributed by atoms with Crippen molar-refractivity contribution in [1.82, 2.24) is 5.32 Å². The first kappa shape index (κ1) is 18.7. The number of carbonyl (C=O) groups excluding carboxylic acids is 1. The van der Waals surface area contributed by atoms with Gasteiger partial charge >= 0.3 is 5.97 Å². The lowest BCUT2D eigenvalue weighted by Gasteiger charge is -2.39. The molecule has 3 rings (SSSR count). The number of amides is 1. The molecule has 1 saturated carbocycles. The van der Waals surface area contributed by atoms with Crippen molar-refractivity contribution in [3.8, 4) is 0 Å². The number of carboxylic acids is 1. The van der Waals surface area contributed by atoms with E-state index in [1.54, 1.807) is 0 Å². The highest BCUT2D eigenvalue weighted by Gasteiger charge is 2.42. The lowest BCUT2D eigenvalue weighted by Crippen LogP contribution is -2.55. The summed E-state index contributed by atoms with van der Waals surface area (Å²) >= 11 is 0. The molecule has 2 unspecified atom stereocenters. The van der Waals surface area contributed by atoms with Gasteiger partial charge in [-0.1, -0.05) is 25.7 Å². The molecular weight excluding hydrogens is 328 g/mol. The Morgan fingerprint density at radius 1 is 1.04 bits per heavy atom. The van der Waals surface area contributed by atoms with Crippen molar-refractivity contribution in [3.63, 3.8) is 0 Å². The fourth-order valence-electron chi connectivity index (χ4n) is 4.36. The molecule has 0 radical (unpaired) electrons. The highest BCUT2D eigenvalue weighted by Crippen LogP contribution is 2.34. The number of anilines is 1. The van der Waals surface area contributed by atoms with E-state index < -0.39 is 17.4 Å². The highest BCUT2D eigenvalue weighted by molar-refractivity contribution is 5.95. The predicted octanol–water partition coefficient (Wildman–Crippen LogP) is 3.83. The van der Waals surface area contributed by atoms with Crippen molar-refractivity contribution in [2.45, 2.75) is 63.8 Å². The van der Waals surface area contributed by atoms with E-state index in [2.05, 4.69) is 10.2 Å². The highest BCUT2D eigenvalue weighted by atomic mass is 16.4. The molecule has 2 aliphatic rings. The molecule has 5 heteroatoms. The van der Waals surface area contributed by atoms with Crippen LogP contribution in [-0.4, -0.2) is 35.6 Å². The van der Waals surface area contributed by atoms with Crippen LogP contribution in [0.2, 0.25) is 0 Å². The average molecular weight is 358 g/mol. The number of nitrogens with zero attached hydrogens (tertiary/aromatic N) is 1. The molecule has 1 aliphatic heterocycles. The summed E-state index contributed by atoms with van der Waals surface area (Å²) in [6.45, 7) is 4.02. The maximum absolute atomic E-state index is 12.7. The molecule has 5 nitrogen and oxygen atoms in total. The Kier molecular flexibility index (Phi) is 5.84. The molecule has 0 bridgehead atoms. The van der Waals surface area contributed by atoms with Crippen molar-refractivity contribution in [2.75, 3.05) is 18.0 Å². The maximum Gasteiger partial charge on any atom is 0.308 e. The van der Waals surface area contributed by atoms with Crippen molar-refractivity contribution in [2.24, 2.45) is 5.92 Å². The second kappa shape index (κ2) is 8.11. The first-order valence-corrected chi connectivity index (χ1v) is 9.90. The van der Waals surface area contributed by atoms with Crippen LogP contribution in [0.25, 0.3) is 0 Å². The van der Waals surface area contributed by atoms with E-state index in [4.69, 9.17) is 0 Å². The zero-order chi connectivity index (χ0) is 18.6. The monoisotopic (exact) mass is 358 g/mol. The Morgan fingerprint density at radius 3 is 2.31 bits per heavy atom. The Morgan fingerprint density at radius 2 is 1.69 bits per heavy atom. The van der Waals surface area contributed by atoms with Crippen LogP contribution in [0.1, 0.15) is 68.6 Å². The van der Waals surface area contributed by atoms with Crippen molar-refractivity contribution < 1.29 is 14.7 Å². The third-order valence-electron chi connectivity index (χ3n) is 6.01. The van der Waals surface area contributed by atoms with Crippen molar-refractivity contribution >= 4 is 17.6 Å². The fourth-order valence-corrected chi connectivity index (χ4v) is 4.36. The van der Waals surface area contributed by atoms with Crippen LogP contribution in [0.3, 0.4) is 0 Å². The van der Waals surface area contributed by atoms with Gasteiger partial charge in [-0.25, -0.2) is 0 Å². The van der Waals surface area contributed by atoms with Crippen LogP contribution in [0.5, 0.6) is 0 Å². The van der Waals surface area contributed by atoms with Gasteiger partial charge in [-0.15, -0.1) is 0 Å². The molecule has 26 heavy (non-hydrogen) atoms. The van der Waals surface area contributed by atoms with Crippen molar-refractivity contribution in [3.05, 3.63) is 29.8 Å². The third-order valence-corrected chi connectivity index (χ3v) is 6.01. The van der Waals surface area contributed by atoms with E-state index in [1.807, 2.05) is 31.2 Å². The summed E-state index contributed by atoms with van der Waals surface area (Å²) in [6, 6.07) is 7.74. The normalized spacial score (nSPS) is 26.8. The molecule has 1 saturated heterocycles. The SMILES string of the molecule is CC1(NC(=O)c2ccc(N3CCCCCC3)cc2)CCCCC1C(=O)O. The van der Waals surface area contributed by atoms with Gasteiger partial charge in [-0.2, -0.15) is 0 Å². The van der Waals surface area contributed by atoms with Gasteiger partial charge in [0.25, 0.3) is 5.91 Å². The van der Waals surface area contributed by atoms with Crippen LogP contribution in [0.4, 0.5) is 5.69 Å². The van der Waals surface area contributed by atoms with Crippen LogP contribution >= 0.6 is 0 Å². The molecule has 2 N–H and O–H groups in total. The van der Waals surface area contributed by atoms with Gasteiger partial charge in [0.05, 0.1) is 11.5 Å². The van der Waals surface area contributed by atoms with Crippen LogP contribution in [0, 0.1) is 5.92 Å². The van der Waals surface area contributed by atoms with E-state index in [9.17, 15) is 14.7 Å². The largest absolute Gasteiger partial charge is 0.481 e. The standard InChI is InChI=1S/C21H30N2O3/c1-21(13-5-4-8-18(21)20(25)26)22-19(24)16-9-11-17(12-10-16)23-14-6-2-3-7-15-23/h9-12,18H,2-8,13-15H2,1H3,(H,22,24)(H,25,26). The molecule has 2 atom stereocenters. The number of hydrogen-bond donors (Lipinski definition) is 2. The summed E-state index contributed by atoms with van der Waals surface area (Å²) in [5, 5.41) is 12.5. The number of rotatable bonds is 4. The summed E-state index contributed by atoms with van der Waals surface area (Å²) in [5.74, 6) is -1.51. The van der Waals surface area contributed by atoms with E-state index in [0.717, 1.165) is 31.6 Å². The van der Waals surface area contributed by atoms with E-state index >= 15 is 0 Å². The topological polar surface area (TPSA) is 69.6 Å². The van der Waals surface area contributed by atoms with Gasteiger partial charge in [0.2, 0.25) is 0 Å². The number of hydrogen-bond acceptors (Lipinski definition) is 3.